The van der Waals surface area contributed by atoms with Gasteiger partial charge in [0.25, 0.3) is 0 Å². The number of benzene rings is 1. The lowest BCUT2D eigenvalue weighted by Crippen LogP contribution is -2.39. The van der Waals surface area contributed by atoms with E-state index in [2.05, 4.69) is 35.3 Å². The van der Waals surface area contributed by atoms with Crippen LogP contribution in [-0.4, -0.2) is 79.8 Å². The second-order valence-electron chi connectivity index (χ2n) is 9.23. The van der Waals surface area contributed by atoms with Crippen LogP contribution in [0, 0.1) is 13.8 Å². The molecule has 0 bridgehead atoms. The lowest BCUT2D eigenvalue weighted by Gasteiger charge is -2.26. The first-order chi connectivity index (χ1) is 17.1. The van der Waals surface area contributed by atoms with E-state index in [0.717, 1.165) is 72.5 Å². The van der Waals surface area contributed by atoms with Gasteiger partial charge < -0.3 is 14.6 Å². The van der Waals surface area contributed by atoms with Crippen molar-refractivity contribution in [2.75, 3.05) is 44.6 Å². The Bertz CT molecular complexity index is 1170. The summed E-state index contributed by atoms with van der Waals surface area (Å²) in [5, 5.41) is 11.1. The highest BCUT2D eigenvalue weighted by Gasteiger charge is 2.21. The minimum absolute atomic E-state index is 0.0654. The number of fused-ring (bicyclic) bond motifs is 1. The molecule has 184 valence electrons. The molecule has 0 saturated carbocycles. The summed E-state index contributed by atoms with van der Waals surface area (Å²) in [7, 11) is 0. The Hall–Kier alpha value is -3.37. The number of rotatable bonds is 8. The number of hydrogen-bond acceptors (Lipinski definition) is 8. The number of aryl methyl sites for hydroxylation is 2. The number of hydrogen-bond donors (Lipinski definition) is 1. The molecule has 0 unspecified atom stereocenters. The molecule has 10 heteroatoms. The SMILES string of the molecule is Cc1ncnc(C)c1-c1cc(NC(=O)CN2CCn3cnnc3C2)ccc1OCCN1CCCC1. The molecule has 1 amide bonds. The van der Waals surface area contributed by atoms with Gasteiger partial charge in [-0.3, -0.25) is 14.6 Å². The molecule has 2 aromatic heterocycles. The van der Waals surface area contributed by atoms with E-state index in [1.54, 1.807) is 12.7 Å². The lowest BCUT2D eigenvalue weighted by atomic mass is 10.0. The normalized spacial score (nSPS) is 16.3. The summed E-state index contributed by atoms with van der Waals surface area (Å²) in [6, 6.07) is 5.80. The second-order valence-corrected chi connectivity index (χ2v) is 9.23. The van der Waals surface area contributed by atoms with Gasteiger partial charge in [-0.15, -0.1) is 10.2 Å². The van der Waals surface area contributed by atoms with Crippen molar-refractivity contribution in [2.45, 2.75) is 39.8 Å². The van der Waals surface area contributed by atoms with Gasteiger partial charge >= 0.3 is 0 Å². The highest BCUT2D eigenvalue weighted by molar-refractivity contribution is 5.93. The molecular formula is C25H32N8O2. The third-order valence-electron chi connectivity index (χ3n) is 6.71. The number of anilines is 1. The van der Waals surface area contributed by atoms with Gasteiger partial charge in [0.15, 0.2) is 0 Å². The number of amides is 1. The second kappa shape index (κ2) is 10.5. The predicted molar refractivity (Wildman–Crippen MR) is 132 cm³/mol. The topological polar surface area (TPSA) is 101 Å². The molecular weight excluding hydrogens is 444 g/mol. The van der Waals surface area contributed by atoms with E-state index < -0.39 is 0 Å². The molecule has 10 nitrogen and oxygen atoms in total. The van der Waals surface area contributed by atoms with E-state index in [9.17, 15) is 4.79 Å². The zero-order valence-corrected chi connectivity index (χ0v) is 20.4. The fourth-order valence-corrected chi connectivity index (χ4v) is 4.86. The molecule has 4 heterocycles. The Kier molecular flexibility index (Phi) is 7.01. The van der Waals surface area contributed by atoms with Crippen molar-refractivity contribution in [2.24, 2.45) is 0 Å². The van der Waals surface area contributed by atoms with E-state index in [0.29, 0.717) is 19.7 Å². The summed E-state index contributed by atoms with van der Waals surface area (Å²) in [6.07, 6.45) is 5.83. The Balaban J connectivity index is 1.31. The maximum absolute atomic E-state index is 12.9. The molecule has 2 aliphatic heterocycles. The maximum atomic E-state index is 12.9. The molecule has 0 radical (unpaired) electrons. The fraction of sp³-hybridized carbons (Fsp3) is 0.480. The number of nitrogens with one attached hydrogen (secondary N) is 1. The highest BCUT2D eigenvalue weighted by Crippen LogP contribution is 2.35. The Morgan fingerprint density at radius 2 is 1.86 bits per heavy atom. The summed E-state index contributed by atoms with van der Waals surface area (Å²) < 4.78 is 8.26. The van der Waals surface area contributed by atoms with Gasteiger partial charge in [-0.05, 0) is 58.0 Å². The molecule has 0 aliphatic carbocycles. The quantitative estimate of drug-likeness (QED) is 0.529. The van der Waals surface area contributed by atoms with Crippen molar-refractivity contribution < 1.29 is 9.53 Å². The number of nitrogens with zero attached hydrogens (tertiary/aromatic N) is 7. The third-order valence-corrected chi connectivity index (χ3v) is 6.71. The van der Waals surface area contributed by atoms with Gasteiger partial charge in [0, 0.05) is 47.8 Å². The average molecular weight is 477 g/mol. The van der Waals surface area contributed by atoms with Crippen LogP contribution in [0.15, 0.2) is 30.9 Å². The number of ether oxygens (including phenoxy) is 1. The first-order valence-electron chi connectivity index (χ1n) is 12.2. The molecule has 35 heavy (non-hydrogen) atoms. The van der Waals surface area contributed by atoms with Crippen LogP contribution in [0.25, 0.3) is 11.1 Å². The first-order valence-corrected chi connectivity index (χ1v) is 12.2. The molecule has 1 N–H and O–H groups in total. The minimum Gasteiger partial charge on any atom is -0.492 e. The van der Waals surface area contributed by atoms with E-state index in [4.69, 9.17) is 4.74 Å². The lowest BCUT2D eigenvalue weighted by molar-refractivity contribution is -0.117. The van der Waals surface area contributed by atoms with Crippen LogP contribution in [0.4, 0.5) is 5.69 Å². The molecule has 3 aromatic rings. The van der Waals surface area contributed by atoms with Crippen LogP contribution in [0.1, 0.15) is 30.1 Å². The number of likely N-dealkylation sites (tertiary alicyclic amines) is 1. The van der Waals surface area contributed by atoms with E-state index in [-0.39, 0.29) is 5.91 Å². The van der Waals surface area contributed by atoms with Crippen LogP contribution in [0.3, 0.4) is 0 Å². The largest absolute Gasteiger partial charge is 0.492 e. The van der Waals surface area contributed by atoms with Crippen LogP contribution >= 0.6 is 0 Å². The monoisotopic (exact) mass is 476 g/mol. The molecule has 1 fully saturated rings. The maximum Gasteiger partial charge on any atom is 0.238 e. The summed E-state index contributed by atoms with van der Waals surface area (Å²) in [5.74, 6) is 1.60. The highest BCUT2D eigenvalue weighted by atomic mass is 16.5. The smallest absolute Gasteiger partial charge is 0.238 e. The Labute approximate surface area is 205 Å². The van der Waals surface area contributed by atoms with Gasteiger partial charge in [0.05, 0.1) is 13.1 Å². The standard InChI is InChI=1S/C25H32N8O2/c1-18-25(19(2)27-16-26-18)21-13-20(5-6-22(21)35-12-11-31-7-3-4-8-31)29-24(34)15-32-9-10-33-17-28-30-23(33)14-32/h5-6,13,16-17H,3-4,7-12,14-15H2,1-2H3,(H,29,34). The van der Waals surface area contributed by atoms with Crippen molar-refractivity contribution in [1.29, 1.82) is 0 Å². The number of carbonyl (C=O) groups excluding carboxylic acids is 1. The summed E-state index contributed by atoms with van der Waals surface area (Å²) in [6.45, 7) is 10.2. The van der Waals surface area contributed by atoms with Crippen LogP contribution in [0.5, 0.6) is 5.75 Å². The van der Waals surface area contributed by atoms with Gasteiger partial charge in [0.2, 0.25) is 5.91 Å². The van der Waals surface area contributed by atoms with Gasteiger partial charge in [-0.2, -0.15) is 0 Å². The fourth-order valence-electron chi connectivity index (χ4n) is 4.86. The Morgan fingerprint density at radius 1 is 1.06 bits per heavy atom. The minimum atomic E-state index is -0.0654. The molecule has 1 aromatic carbocycles. The molecule has 2 aliphatic rings. The number of aromatic nitrogens is 5. The van der Waals surface area contributed by atoms with Crippen molar-refractivity contribution in [3.05, 3.63) is 48.1 Å². The first kappa shape index (κ1) is 23.4. The van der Waals surface area contributed by atoms with Crippen LogP contribution in [-0.2, 0) is 17.9 Å². The summed E-state index contributed by atoms with van der Waals surface area (Å²) in [4.78, 5) is 26.2. The van der Waals surface area contributed by atoms with Crippen molar-refractivity contribution >= 4 is 11.6 Å². The molecule has 0 atom stereocenters. The van der Waals surface area contributed by atoms with Gasteiger partial charge in [-0.25, -0.2) is 9.97 Å². The van der Waals surface area contributed by atoms with Gasteiger partial charge in [0.1, 0.15) is 30.8 Å². The van der Waals surface area contributed by atoms with E-state index in [1.165, 1.54) is 12.8 Å². The van der Waals surface area contributed by atoms with Crippen LogP contribution in [0.2, 0.25) is 0 Å². The van der Waals surface area contributed by atoms with E-state index in [1.807, 2.05) is 36.6 Å². The zero-order valence-electron chi connectivity index (χ0n) is 20.4. The molecule has 5 rings (SSSR count). The predicted octanol–water partition coefficient (Wildman–Crippen LogP) is 2.28. The third kappa shape index (κ3) is 5.49. The van der Waals surface area contributed by atoms with E-state index >= 15 is 0 Å². The van der Waals surface area contributed by atoms with Crippen LogP contribution < -0.4 is 10.1 Å². The summed E-state index contributed by atoms with van der Waals surface area (Å²) >= 11 is 0. The van der Waals surface area contributed by atoms with Gasteiger partial charge in [-0.1, -0.05) is 0 Å². The zero-order chi connectivity index (χ0) is 24.2. The molecule has 0 spiro atoms. The van der Waals surface area contributed by atoms with Crippen molar-refractivity contribution in [3.63, 3.8) is 0 Å². The average Bonchev–Trinajstić information content (AvgIpc) is 3.52. The summed E-state index contributed by atoms with van der Waals surface area (Å²) in [5.41, 5.74) is 4.31. The number of carbonyl (C=O) groups is 1. The Morgan fingerprint density at radius 3 is 2.66 bits per heavy atom. The van der Waals surface area contributed by atoms with Crippen molar-refractivity contribution in [3.8, 4) is 16.9 Å². The molecule has 1 saturated heterocycles. The van der Waals surface area contributed by atoms with Crippen molar-refractivity contribution in [1.82, 2.24) is 34.5 Å².